The molecule has 2 N–H and O–H groups in total. The van der Waals surface area contributed by atoms with E-state index >= 15 is 0 Å². The normalized spacial score (nSPS) is 17.2. The van der Waals surface area contributed by atoms with E-state index in [4.69, 9.17) is 11.0 Å². The summed E-state index contributed by atoms with van der Waals surface area (Å²) in [6, 6.07) is 6.47. The topological polar surface area (TPSA) is 49.8 Å². The van der Waals surface area contributed by atoms with E-state index in [1.54, 1.807) is 0 Å². The molecule has 0 heterocycles. The van der Waals surface area contributed by atoms with Crippen LogP contribution in [0.3, 0.4) is 0 Å². The zero-order valence-electron chi connectivity index (χ0n) is 9.30. The van der Waals surface area contributed by atoms with Gasteiger partial charge in [-0.05, 0) is 49.4 Å². The summed E-state index contributed by atoms with van der Waals surface area (Å²) >= 11 is 0. The largest absolute Gasteiger partial charge is 0.330 e. The van der Waals surface area contributed by atoms with Crippen LogP contribution in [0.4, 0.5) is 0 Å². The molecule has 1 aliphatic carbocycles. The molecule has 2 nitrogen and oxygen atoms in total. The van der Waals surface area contributed by atoms with Crippen molar-refractivity contribution in [3.8, 4) is 6.07 Å². The van der Waals surface area contributed by atoms with Gasteiger partial charge in [-0.25, -0.2) is 0 Å². The molecular weight excluding hydrogens is 184 g/mol. The monoisotopic (exact) mass is 200 g/mol. The quantitative estimate of drug-likeness (QED) is 0.795. The van der Waals surface area contributed by atoms with Crippen molar-refractivity contribution in [1.29, 1.82) is 5.26 Å². The minimum atomic E-state index is 0.185. The number of hydrogen-bond acceptors (Lipinski definition) is 2. The molecule has 1 aliphatic rings. The Morgan fingerprint density at radius 1 is 1.40 bits per heavy atom. The molecule has 0 bridgehead atoms. The van der Waals surface area contributed by atoms with Crippen molar-refractivity contribution in [3.05, 3.63) is 34.4 Å². The van der Waals surface area contributed by atoms with Gasteiger partial charge in [-0.3, -0.25) is 0 Å². The molecule has 0 aliphatic heterocycles. The maximum atomic E-state index is 9.04. The Morgan fingerprint density at radius 3 is 2.53 bits per heavy atom. The third-order valence-electron chi connectivity index (χ3n) is 3.64. The molecule has 1 fully saturated rings. The average Bonchev–Trinajstić information content (AvgIpc) is 3.02. The van der Waals surface area contributed by atoms with Crippen LogP contribution in [0, 0.1) is 25.2 Å². The molecule has 0 aromatic heterocycles. The van der Waals surface area contributed by atoms with E-state index in [1.807, 2.05) is 13.0 Å². The van der Waals surface area contributed by atoms with Gasteiger partial charge in [0, 0.05) is 12.0 Å². The van der Waals surface area contributed by atoms with Crippen molar-refractivity contribution in [2.75, 3.05) is 6.54 Å². The Bertz CT molecular complexity index is 437. The van der Waals surface area contributed by atoms with Crippen molar-refractivity contribution < 1.29 is 0 Å². The van der Waals surface area contributed by atoms with Crippen LogP contribution in [0.2, 0.25) is 0 Å². The second-order valence-corrected chi connectivity index (χ2v) is 4.56. The lowest BCUT2D eigenvalue weighted by Gasteiger charge is -2.15. The Balaban J connectivity index is 2.52. The smallest absolute Gasteiger partial charge is 0.0994 e. The highest BCUT2D eigenvalue weighted by atomic mass is 14.7. The number of aryl methyl sites for hydroxylation is 1. The minimum absolute atomic E-state index is 0.185. The molecule has 0 unspecified atom stereocenters. The molecule has 78 valence electrons. The van der Waals surface area contributed by atoms with Crippen LogP contribution in [0.25, 0.3) is 0 Å². The fourth-order valence-corrected chi connectivity index (χ4v) is 2.04. The zero-order chi connectivity index (χ0) is 11.1. The number of hydrogen-bond donors (Lipinski definition) is 1. The molecule has 1 aromatic rings. The van der Waals surface area contributed by atoms with E-state index in [0.29, 0.717) is 6.54 Å². The number of nitrogens with two attached hydrogens (primary N) is 1. The lowest BCUT2D eigenvalue weighted by Crippen LogP contribution is -2.20. The van der Waals surface area contributed by atoms with Crippen LogP contribution in [0.1, 0.15) is 35.1 Å². The summed E-state index contributed by atoms with van der Waals surface area (Å²) < 4.78 is 0. The molecule has 0 spiro atoms. The lowest BCUT2D eigenvalue weighted by atomic mass is 9.90. The summed E-state index contributed by atoms with van der Waals surface area (Å²) in [7, 11) is 0. The summed E-state index contributed by atoms with van der Waals surface area (Å²) in [5, 5.41) is 9.04. The van der Waals surface area contributed by atoms with Gasteiger partial charge in [0.25, 0.3) is 0 Å². The first-order valence-electron chi connectivity index (χ1n) is 5.35. The van der Waals surface area contributed by atoms with Gasteiger partial charge >= 0.3 is 0 Å². The van der Waals surface area contributed by atoms with Gasteiger partial charge in [0.05, 0.1) is 11.6 Å². The Hall–Kier alpha value is -1.33. The number of benzene rings is 1. The van der Waals surface area contributed by atoms with E-state index in [2.05, 4.69) is 19.1 Å². The van der Waals surface area contributed by atoms with Gasteiger partial charge < -0.3 is 5.73 Å². The van der Waals surface area contributed by atoms with Crippen molar-refractivity contribution in [2.24, 2.45) is 5.73 Å². The predicted molar refractivity (Wildman–Crippen MR) is 60.6 cm³/mol. The highest BCUT2D eigenvalue weighted by Crippen LogP contribution is 2.47. The number of rotatable bonds is 2. The lowest BCUT2D eigenvalue weighted by molar-refractivity contribution is 0.703. The highest BCUT2D eigenvalue weighted by molar-refractivity contribution is 5.48. The van der Waals surface area contributed by atoms with Crippen LogP contribution in [-0.2, 0) is 5.41 Å². The van der Waals surface area contributed by atoms with Gasteiger partial charge in [-0.1, -0.05) is 6.07 Å². The first-order valence-corrected chi connectivity index (χ1v) is 5.35. The van der Waals surface area contributed by atoms with E-state index in [1.165, 1.54) is 11.1 Å². The second kappa shape index (κ2) is 3.36. The molecule has 0 atom stereocenters. The summed E-state index contributed by atoms with van der Waals surface area (Å²) in [5.41, 5.74) is 10.3. The molecule has 0 radical (unpaired) electrons. The Kier molecular flexibility index (Phi) is 2.28. The predicted octanol–water partition coefficient (Wildman–Crippen LogP) is 2.17. The fraction of sp³-hybridized carbons (Fsp3) is 0.462. The minimum Gasteiger partial charge on any atom is -0.330 e. The maximum Gasteiger partial charge on any atom is 0.0994 e. The summed E-state index contributed by atoms with van der Waals surface area (Å²) in [4.78, 5) is 0. The van der Waals surface area contributed by atoms with E-state index in [-0.39, 0.29) is 5.41 Å². The third kappa shape index (κ3) is 1.53. The summed E-state index contributed by atoms with van der Waals surface area (Å²) in [6.45, 7) is 4.76. The number of nitrogens with zero attached hydrogens (tertiary/aromatic N) is 1. The van der Waals surface area contributed by atoms with Gasteiger partial charge in [0.15, 0.2) is 0 Å². The van der Waals surface area contributed by atoms with Crippen LogP contribution >= 0.6 is 0 Å². The second-order valence-electron chi connectivity index (χ2n) is 4.56. The maximum absolute atomic E-state index is 9.04. The van der Waals surface area contributed by atoms with Gasteiger partial charge in [-0.2, -0.15) is 5.26 Å². The van der Waals surface area contributed by atoms with Gasteiger partial charge in [0.1, 0.15) is 0 Å². The van der Waals surface area contributed by atoms with Crippen molar-refractivity contribution in [3.63, 3.8) is 0 Å². The van der Waals surface area contributed by atoms with Crippen LogP contribution in [-0.4, -0.2) is 6.54 Å². The summed E-state index contributed by atoms with van der Waals surface area (Å²) in [5.74, 6) is 0. The molecule has 1 aromatic carbocycles. The molecule has 1 saturated carbocycles. The average molecular weight is 200 g/mol. The van der Waals surface area contributed by atoms with Crippen molar-refractivity contribution >= 4 is 0 Å². The fourth-order valence-electron chi connectivity index (χ4n) is 2.04. The van der Waals surface area contributed by atoms with E-state index < -0.39 is 0 Å². The molecule has 0 amide bonds. The Labute approximate surface area is 90.7 Å². The van der Waals surface area contributed by atoms with Crippen LogP contribution < -0.4 is 5.73 Å². The highest BCUT2D eigenvalue weighted by Gasteiger charge is 2.43. The first-order chi connectivity index (χ1) is 7.13. The van der Waals surface area contributed by atoms with E-state index in [9.17, 15) is 0 Å². The zero-order valence-corrected chi connectivity index (χ0v) is 9.30. The first kappa shape index (κ1) is 10.2. The third-order valence-corrected chi connectivity index (χ3v) is 3.64. The van der Waals surface area contributed by atoms with Gasteiger partial charge in [-0.15, -0.1) is 0 Å². The molecule has 2 rings (SSSR count). The van der Waals surface area contributed by atoms with Crippen molar-refractivity contribution in [1.82, 2.24) is 0 Å². The molecule has 2 heteroatoms. The van der Waals surface area contributed by atoms with Crippen LogP contribution in [0.5, 0.6) is 0 Å². The van der Waals surface area contributed by atoms with E-state index in [0.717, 1.165) is 24.0 Å². The van der Waals surface area contributed by atoms with Gasteiger partial charge in [0.2, 0.25) is 0 Å². The summed E-state index contributed by atoms with van der Waals surface area (Å²) in [6.07, 6.45) is 2.33. The molecule has 15 heavy (non-hydrogen) atoms. The van der Waals surface area contributed by atoms with Crippen LogP contribution in [0.15, 0.2) is 12.1 Å². The number of nitriles is 1. The molecular formula is C13H16N2. The van der Waals surface area contributed by atoms with Crippen molar-refractivity contribution in [2.45, 2.75) is 32.1 Å². The molecule has 0 saturated heterocycles. The SMILES string of the molecule is Cc1cc(C2(CN)CC2)cc(C#N)c1C. The Morgan fingerprint density at radius 2 is 2.07 bits per heavy atom. The standard InChI is InChI=1S/C13H16N2/c1-9-5-12(13(8-15)3-4-13)6-11(7-14)10(9)2/h5-6H,3-4,8,15H2,1-2H3.